The number of rotatable bonds is 5. The molecule has 6 nitrogen and oxygen atoms in total. The highest BCUT2D eigenvalue weighted by atomic mass is 127. The fourth-order valence-corrected chi connectivity index (χ4v) is 3.87. The second-order valence-corrected chi connectivity index (χ2v) is 7.15. The average Bonchev–Trinajstić information content (AvgIpc) is 3.25. The minimum Gasteiger partial charge on any atom is -0.495 e. The van der Waals surface area contributed by atoms with Gasteiger partial charge in [0.2, 0.25) is 0 Å². The number of benzene rings is 2. The van der Waals surface area contributed by atoms with Gasteiger partial charge in [-0.25, -0.2) is 0 Å². The van der Waals surface area contributed by atoms with Gasteiger partial charge in [0.25, 0.3) is 0 Å². The van der Waals surface area contributed by atoms with Crippen LogP contribution in [-0.4, -0.2) is 44.2 Å². The summed E-state index contributed by atoms with van der Waals surface area (Å²) < 4.78 is 5.51. The molecule has 158 valence electrons. The second kappa shape index (κ2) is 10.5. The Morgan fingerprint density at radius 3 is 2.80 bits per heavy atom. The molecule has 4 rings (SSSR count). The van der Waals surface area contributed by atoms with E-state index in [0.717, 1.165) is 42.6 Å². The third-order valence-corrected chi connectivity index (χ3v) is 5.36. The number of fused-ring (bicyclic) bond motifs is 1. The topological polar surface area (TPSA) is 61.8 Å². The molecule has 1 fully saturated rings. The maximum Gasteiger partial charge on any atom is 0.191 e. The Morgan fingerprint density at radius 2 is 1.97 bits per heavy atom. The molecule has 0 spiro atoms. The van der Waals surface area contributed by atoms with E-state index in [1.807, 2.05) is 36.5 Å². The lowest BCUT2D eigenvalue weighted by Gasteiger charge is -2.22. The molecular weight excluding hydrogens is 489 g/mol. The van der Waals surface area contributed by atoms with Gasteiger partial charge in [-0.1, -0.05) is 36.4 Å². The van der Waals surface area contributed by atoms with Crippen molar-refractivity contribution < 1.29 is 4.74 Å². The number of aromatic nitrogens is 1. The molecule has 2 N–H and O–H groups in total. The molecule has 1 aliphatic heterocycles. The summed E-state index contributed by atoms with van der Waals surface area (Å²) in [6.45, 7) is 2.53. The lowest BCUT2D eigenvalue weighted by molar-refractivity contribution is 0.415. The first kappa shape index (κ1) is 22.1. The molecule has 1 atom stereocenters. The van der Waals surface area contributed by atoms with Crippen LogP contribution >= 0.6 is 24.0 Å². The highest BCUT2D eigenvalue weighted by Crippen LogP contribution is 2.30. The number of hydrogen-bond donors (Lipinski definition) is 2. The summed E-state index contributed by atoms with van der Waals surface area (Å²) in [5, 5.41) is 9.33. The molecular formula is C23H28IN5O. The van der Waals surface area contributed by atoms with Gasteiger partial charge in [0.1, 0.15) is 5.75 Å². The first-order chi connectivity index (χ1) is 14.3. The first-order valence-corrected chi connectivity index (χ1v) is 9.96. The number of nitrogens with zero attached hydrogens (tertiary/aromatic N) is 3. The predicted molar refractivity (Wildman–Crippen MR) is 134 cm³/mol. The van der Waals surface area contributed by atoms with E-state index in [1.54, 1.807) is 14.2 Å². The number of pyridine rings is 1. The number of hydrogen-bond acceptors (Lipinski definition) is 4. The summed E-state index contributed by atoms with van der Waals surface area (Å²) in [6, 6.07) is 18.9. The van der Waals surface area contributed by atoms with Crippen LogP contribution in [0.25, 0.3) is 10.8 Å². The van der Waals surface area contributed by atoms with Crippen molar-refractivity contribution in [3.8, 4) is 5.75 Å². The van der Waals surface area contributed by atoms with Gasteiger partial charge in [-0.3, -0.25) is 9.98 Å². The Hall–Kier alpha value is -2.55. The van der Waals surface area contributed by atoms with Gasteiger partial charge in [-0.15, -0.1) is 24.0 Å². The maximum absolute atomic E-state index is 5.51. The minimum atomic E-state index is 0. The molecule has 2 aromatic carbocycles. The van der Waals surface area contributed by atoms with Crippen molar-refractivity contribution in [1.82, 2.24) is 15.6 Å². The van der Waals surface area contributed by atoms with Crippen LogP contribution in [0.4, 0.5) is 5.69 Å². The summed E-state index contributed by atoms with van der Waals surface area (Å²) in [5.74, 6) is 1.71. The Morgan fingerprint density at radius 1 is 1.17 bits per heavy atom. The fourth-order valence-electron chi connectivity index (χ4n) is 3.87. The van der Waals surface area contributed by atoms with E-state index in [9.17, 15) is 0 Å². The first-order valence-electron chi connectivity index (χ1n) is 9.96. The Balaban J connectivity index is 0.00000256. The largest absolute Gasteiger partial charge is 0.495 e. The molecule has 0 bridgehead atoms. The Labute approximate surface area is 194 Å². The van der Waals surface area contributed by atoms with E-state index in [4.69, 9.17) is 4.74 Å². The van der Waals surface area contributed by atoms with Gasteiger partial charge >= 0.3 is 0 Å². The van der Waals surface area contributed by atoms with Crippen molar-refractivity contribution in [2.24, 2.45) is 4.99 Å². The number of guanidine groups is 1. The number of nitrogens with one attached hydrogen (secondary N) is 2. The van der Waals surface area contributed by atoms with Crippen LogP contribution in [0.5, 0.6) is 5.75 Å². The van der Waals surface area contributed by atoms with Gasteiger partial charge in [0.05, 0.1) is 25.0 Å². The lowest BCUT2D eigenvalue weighted by atomic mass is 10.1. The van der Waals surface area contributed by atoms with Gasteiger partial charge in [0, 0.05) is 37.8 Å². The zero-order valence-electron chi connectivity index (χ0n) is 17.3. The van der Waals surface area contributed by atoms with Gasteiger partial charge < -0.3 is 20.3 Å². The quantitative estimate of drug-likeness (QED) is 0.306. The van der Waals surface area contributed by atoms with E-state index >= 15 is 0 Å². The zero-order valence-corrected chi connectivity index (χ0v) is 19.7. The summed E-state index contributed by atoms with van der Waals surface area (Å²) >= 11 is 0. The Bertz CT molecular complexity index is 1000. The standard InChI is InChI=1S/C23H27N5O.HI/c1-24-23(26-15-20-19-8-4-3-7-17(19)11-13-25-20)27-18-12-14-28(16-18)21-9-5-6-10-22(21)29-2;/h3-11,13,18H,12,14-16H2,1-2H3,(H2,24,26,27);1H. The molecule has 1 aliphatic rings. The molecule has 0 radical (unpaired) electrons. The highest BCUT2D eigenvalue weighted by Gasteiger charge is 2.25. The van der Waals surface area contributed by atoms with Crippen LogP contribution in [0.1, 0.15) is 12.1 Å². The molecule has 3 aromatic rings. The number of methoxy groups -OCH3 is 1. The third-order valence-electron chi connectivity index (χ3n) is 5.36. The maximum atomic E-state index is 5.51. The summed E-state index contributed by atoms with van der Waals surface area (Å²) in [6.07, 6.45) is 2.91. The predicted octanol–water partition coefficient (Wildman–Crippen LogP) is 3.81. The molecule has 1 aromatic heterocycles. The van der Waals surface area contributed by atoms with Crippen LogP contribution in [0.15, 0.2) is 65.8 Å². The smallest absolute Gasteiger partial charge is 0.191 e. The number of aliphatic imine (C=N–C) groups is 1. The normalized spacial score (nSPS) is 16.3. The van der Waals surface area contributed by atoms with E-state index in [0.29, 0.717) is 12.6 Å². The van der Waals surface area contributed by atoms with E-state index < -0.39 is 0 Å². The van der Waals surface area contributed by atoms with Crippen LogP contribution in [0.3, 0.4) is 0 Å². The van der Waals surface area contributed by atoms with E-state index in [2.05, 4.69) is 49.8 Å². The highest BCUT2D eigenvalue weighted by molar-refractivity contribution is 14.0. The summed E-state index contributed by atoms with van der Waals surface area (Å²) in [5.41, 5.74) is 2.16. The molecule has 0 aliphatic carbocycles. The lowest BCUT2D eigenvalue weighted by Crippen LogP contribution is -2.44. The molecule has 0 saturated carbocycles. The van der Waals surface area contributed by atoms with Crippen LogP contribution in [0.2, 0.25) is 0 Å². The molecule has 0 amide bonds. The van der Waals surface area contributed by atoms with Crippen molar-refractivity contribution in [2.75, 3.05) is 32.1 Å². The number of halogens is 1. The molecule has 1 saturated heterocycles. The molecule has 2 heterocycles. The molecule has 30 heavy (non-hydrogen) atoms. The Kier molecular flexibility index (Phi) is 7.73. The third kappa shape index (κ3) is 4.95. The van der Waals surface area contributed by atoms with Crippen molar-refractivity contribution in [2.45, 2.75) is 19.0 Å². The summed E-state index contributed by atoms with van der Waals surface area (Å²) in [7, 11) is 3.52. The van der Waals surface area contributed by atoms with Gasteiger partial charge in [0.15, 0.2) is 5.96 Å². The molecule has 1 unspecified atom stereocenters. The van der Waals surface area contributed by atoms with Gasteiger partial charge in [-0.2, -0.15) is 0 Å². The molecule has 7 heteroatoms. The SMILES string of the molecule is CN=C(NCc1nccc2ccccc12)NC1CCN(c2ccccc2OC)C1.I. The minimum absolute atomic E-state index is 0. The number of ether oxygens (including phenoxy) is 1. The van der Waals surface area contributed by atoms with Crippen molar-refractivity contribution in [3.05, 3.63) is 66.5 Å². The van der Waals surface area contributed by atoms with E-state index in [-0.39, 0.29) is 24.0 Å². The van der Waals surface area contributed by atoms with Crippen molar-refractivity contribution in [3.63, 3.8) is 0 Å². The van der Waals surface area contributed by atoms with Crippen LogP contribution in [-0.2, 0) is 6.54 Å². The number of anilines is 1. The number of para-hydroxylation sites is 2. The van der Waals surface area contributed by atoms with Crippen LogP contribution < -0.4 is 20.3 Å². The van der Waals surface area contributed by atoms with Crippen molar-refractivity contribution >= 4 is 46.4 Å². The van der Waals surface area contributed by atoms with E-state index in [1.165, 1.54) is 10.8 Å². The van der Waals surface area contributed by atoms with Crippen LogP contribution in [0, 0.1) is 0 Å². The zero-order chi connectivity index (χ0) is 20.1. The second-order valence-electron chi connectivity index (χ2n) is 7.15. The van der Waals surface area contributed by atoms with Gasteiger partial charge in [-0.05, 0) is 30.0 Å². The summed E-state index contributed by atoms with van der Waals surface area (Å²) in [4.78, 5) is 11.3. The fraction of sp³-hybridized carbons (Fsp3) is 0.304. The average molecular weight is 517 g/mol. The monoisotopic (exact) mass is 517 g/mol. The van der Waals surface area contributed by atoms with Crippen molar-refractivity contribution in [1.29, 1.82) is 0 Å².